The molecular weight excluding hydrogens is 212 g/mol. The number of hydrogen-bond acceptors (Lipinski definition) is 3. The number of rotatable bonds is 4. The van der Waals surface area contributed by atoms with E-state index < -0.39 is 4.83 Å². The van der Waals surface area contributed by atoms with Crippen LogP contribution < -0.4 is 0 Å². The lowest BCUT2D eigenvalue weighted by Gasteiger charge is -2.04. The van der Waals surface area contributed by atoms with E-state index in [2.05, 4.69) is 20.7 Å². The highest BCUT2D eigenvalue weighted by molar-refractivity contribution is 9.10. The van der Waals surface area contributed by atoms with Gasteiger partial charge in [-0.2, -0.15) is 0 Å². The fraction of sp³-hybridized carbons (Fsp3) is 0.714. The van der Waals surface area contributed by atoms with Crippen molar-refractivity contribution in [3.05, 3.63) is 0 Å². The van der Waals surface area contributed by atoms with E-state index in [0.717, 1.165) is 0 Å². The van der Waals surface area contributed by atoms with Crippen LogP contribution in [0.2, 0.25) is 0 Å². The normalized spacial score (nSPS) is 12.3. The molecule has 11 heavy (non-hydrogen) atoms. The number of carbonyl (C=O) groups excluding carboxylic acids is 2. The summed E-state index contributed by atoms with van der Waals surface area (Å²) in [4.78, 5) is 21.0. The molecule has 0 amide bonds. The zero-order valence-corrected chi connectivity index (χ0v) is 8.18. The topological polar surface area (TPSA) is 43.4 Å². The minimum Gasteiger partial charge on any atom is -0.466 e. The van der Waals surface area contributed by atoms with E-state index in [1.54, 1.807) is 6.92 Å². The van der Waals surface area contributed by atoms with Crippen LogP contribution in [0.25, 0.3) is 0 Å². The molecule has 0 bridgehead atoms. The van der Waals surface area contributed by atoms with Crippen molar-refractivity contribution in [2.75, 3.05) is 6.61 Å². The molecule has 0 aromatic rings. The Morgan fingerprint density at radius 1 is 1.55 bits per heavy atom. The van der Waals surface area contributed by atoms with E-state index in [-0.39, 0.29) is 18.2 Å². The van der Waals surface area contributed by atoms with Crippen LogP contribution in [0.1, 0.15) is 20.3 Å². The van der Waals surface area contributed by atoms with Gasteiger partial charge in [0.2, 0.25) is 0 Å². The molecule has 0 aromatic heterocycles. The fourth-order valence-electron chi connectivity index (χ4n) is 0.510. The smallest absolute Gasteiger partial charge is 0.307 e. The van der Waals surface area contributed by atoms with E-state index in [1.165, 1.54) is 6.92 Å². The van der Waals surface area contributed by atoms with E-state index in [0.29, 0.717) is 6.61 Å². The summed E-state index contributed by atoms with van der Waals surface area (Å²) in [6.07, 6.45) is 0.114. The summed E-state index contributed by atoms with van der Waals surface area (Å²) in [6, 6.07) is 0. The minimum absolute atomic E-state index is 0.0574. The van der Waals surface area contributed by atoms with Crippen LogP contribution in [0.3, 0.4) is 0 Å². The number of esters is 1. The van der Waals surface area contributed by atoms with Gasteiger partial charge in [-0.25, -0.2) is 0 Å². The third-order valence-corrected chi connectivity index (χ3v) is 2.06. The summed E-state index contributed by atoms with van der Waals surface area (Å²) in [5, 5.41) is 0. The summed E-state index contributed by atoms with van der Waals surface area (Å²) in [5.74, 6) is -0.400. The van der Waals surface area contributed by atoms with Crippen molar-refractivity contribution in [1.82, 2.24) is 0 Å². The second kappa shape index (κ2) is 5.29. The van der Waals surface area contributed by atoms with E-state index >= 15 is 0 Å². The lowest BCUT2D eigenvalue weighted by atomic mass is 10.2. The van der Waals surface area contributed by atoms with E-state index in [4.69, 9.17) is 0 Å². The standard InChI is InChI=1S/C7H11BrO3/c1-3-11-7(10)4-6(8)5(2)9/h6H,3-4H2,1-2H3/t6-/m0/s1. The van der Waals surface area contributed by atoms with Crippen molar-refractivity contribution in [3.8, 4) is 0 Å². The Kier molecular flexibility index (Phi) is 5.11. The zero-order valence-electron chi connectivity index (χ0n) is 6.59. The van der Waals surface area contributed by atoms with Crippen LogP contribution >= 0.6 is 15.9 Å². The lowest BCUT2D eigenvalue weighted by molar-refractivity contribution is -0.143. The molecule has 64 valence electrons. The van der Waals surface area contributed by atoms with Gasteiger partial charge in [-0.15, -0.1) is 0 Å². The van der Waals surface area contributed by atoms with Crippen LogP contribution in [-0.2, 0) is 14.3 Å². The quantitative estimate of drug-likeness (QED) is 0.532. The van der Waals surface area contributed by atoms with Crippen LogP contribution in [0.5, 0.6) is 0 Å². The third-order valence-electron chi connectivity index (χ3n) is 1.09. The van der Waals surface area contributed by atoms with Crippen molar-refractivity contribution in [1.29, 1.82) is 0 Å². The van der Waals surface area contributed by atoms with Crippen molar-refractivity contribution >= 4 is 27.7 Å². The van der Waals surface area contributed by atoms with Gasteiger partial charge in [-0.3, -0.25) is 9.59 Å². The Morgan fingerprint density at radius 2 is 2.09 bits per heavy atom. The second-order valence-electron chi connectivity index (χ2n) is 2.09. The molecule has 0 aromatic carbocycles. The molecule has 0 aliphatic carbocycles. The Balaban J connectivity index is 3.66. The van der Waals surface area contributed by atoms with Gasteiger partial charge in [0.05, 0.1) is 17.9 Å². The highest BCUT2D eigenvalue weighted by Crippen LogP contribution is 2.06. The first-order valence-corrected chi connectivity index (χ1v) is 4.29. The molecule has 0 unspecified atom stereocenters. The molecule has 0 rings (SSSR count). The number of carbonyl (C=O) groups is 2. The SMILES string of the molecule is CCOC(=O)C[C@H](Br)C(C)=O. The first-order valence-electron chi connectivity index (χ1n) is 3.38. The van der Waals surface area contributed by atoms with Crippen molar-refractivity contribution in [3.63, 3.8) is 0 Å². The summed E-state index contributed by atoms with van der Waals surface area (Å²) in [7, 11) is 0. The van der Waals surface area contributed by atoms with Gasteiger partial charge in [0, 0.05) is 0 Å². The molecule has 0 saturated heterocycles. The maximum absolute atomic E-state index is 10.8. The summed E-state index contributed by atoms with van der Waals surface area (Å²) >= 11 is 3.06. The monoisotopic (exact) mass is 222 g/mol. The molecule has 1 atom stereocenters. The molecule has 0 heterocycles. The Hall–Kier alpha value is -0.380. The van der Waals surface area contributed by atoms with Gasteiger partial charge in [0.25, 0.3) is 0 Å². The van der Waals surface area contributed by atoms with Gasteiger partial charge in [0.1, 0.15) is 5.78 Å². The Bertz CT molecular complexity index is 156. The second-order valence-corrected chi connectivity index (χ2v) is 3.19. The van der Waals surface area contributed by atoms with Gasteiger partial charge in [-0.1, -0.05) is 15.9 Å². The van der Waals surface area contributed by atoms with Gasteiger partial charge < -0.3 is 4.74 Å². The average Bonchev–Trinajstić information content (AvgIpc) is 1.87. The van der Waals surface area contributed by atoms with Crippen LogP contribution in [0.4, 0.5) is 0 Å². The maximum Gasteiger partial charge on any atom is 0.307 e. The maximum atomic E-state index is 10.8. The number of Topliss-reactive ketones (excluding diaryl/α,β-unsaturated/α-hetero) is 1. The number of halogens is 1. The third kappa shape index (κ3) is 4.95. The number of ether oxygens (including phenoxy) is 1. The zero-order chi connectivity index (χ0) is 8.85. The predicted octanol–water partition coefficient (Wildman–Crippen LogP) is 1.29. The summed E-state index contributed by atoms with van der Waals surface area (Å²) < 4.78 is 4.64. The molecule has 0 N–H and O–H groups in total. The number of alkyl halides is 1. The molecule has 0 spiro atoms. The molecule has 0 aliphatic heterocycles. The summed E-state index contributed by atoms with van der Waals surface area (Å²) in [6.45, 7) is 3.52. The van der Waals surface area contributed by atoms with Gasteiger partial charge in [0.15, 0.2) is 0 Å². The minimum atomic E-state index is -0.401. The van der Waals surface area contributed by atoms with Crippen LogP contribution in [0.15, 0.2) is 0 Å². The largest absolute Gasteiger partial charge is 0.466 e. The van der Waals surface area contributed by atoms with Crippen LogP contribution in [0, 0.1) is 0 Å². The molecule has 0 aliphatic rings. The molecule has 4 heteroatoms. The molecular formula is C7H11BrO3. The molecule has 3 nitrogen and oxygen atoms in total. The highest BCUT2D eigenvalue weighted by atomic mass is 79.9. The highest BCUT2D eigenvalue weighted by Gasteiger charge is 2.14. The van der Waals surface area contributed by atoms with Crippen molar-refractivity contribution < 1.29 is 14.3 Å². The predicted molar refractivity (Wildman–Crippen MR) is 44.6 cm³/mol. The van der Waals surface area contributed by atoms with Crippen molar-refractivity contribution in [2.45, 2.75) is 25.1 Å². The summed E-state index contributed by atoms with van der Waals surface area (Å²) in [5.41, 5.74) is 0. The Morgan fingerprint density at radius 3 is 2.45 bits per heavy atom. The first-order chi connectivity index (χ1) is 5.07. The van der Waals surface area contributed by atoms with Gasteiger partial charge >= 0.3 is 5.97 Å². The number of hydrogen-bond donors (Lipinski definition) is 0. The van der Waals surface area contributed by atoms with Crippen molar-refractivity contribution in [2.24, 2.45) is 0 Å². The molecule has 0 saturated carbocycles. The Labute approximate surface area is 74.2 Å². The fourth-order valence-corrected chi connectivity index (χ4v) is 0.774. The molecule has 0 fully saturated rings. The number of ketones is 1. The van der Waals surface area contributed by atoms with E-state index in [9.17, 15) is 9.59 Å². The van der Waals surface area contributed by atoms with Crippen LogP contribution in [-0.4, -0.2) is 23.2 Å². The molecule has 0 radical (unpaired) electrons. The first kappa shape index (κ1) is 10.6. The van der Waals surface area contributed by atoms with E-state index in [1.807, 2.05) is 0 Å². The lowest BCUT2D eigenvalue weighted by Crippen LogP contribution is -2.16. The van der Waals surface area contributed by atoms with Gasteiger partial charge in [-0.05, 0) is 13.8 Å². The average molecular weight is 223 g/mol.